The molecule has 7 nitrogen and oxygen atoms in total. The van der Waals surface area contributed by atoms with Gasteiger partial charge in [0.1, 0.15) is 6.04 Å². The normalized spacial score (nSPS) is 12.1. The Morgan fingerprint density at radius 1 is 1.09 bits per heavy atom. The first-order chi connectivity index (χ1) is 16.0. The number of nitrogens with one attached hydrogen (secondary N) is 1. The van der Waals surface area contributed by atoms with Gasteiger partial charge in [-0.3, -0.25) is 13.9 Å². The van der Waals surface area contributed by atoms with Crippen molar-refractivity contribution in [1.29, 1.82) is 0 Å². The van der Waals surface area contributed by atoms with E-state index in [1.807, 2.05) is 6.92 Å². The number of sulfonamides is 1. The largest absolute Gasteiger partial charge is 0.354 e. The van der Waals surface area contributed by atoms with Crippen LogP contribution in [0.4, 0.5) is 5.69 Å². The Bertz CT molecular complexity index is 1080. The van der Waals surface area contributed by atoms with Gasteiger partial charge >= 0.3 is 0 Å². The van der Waals surface area contributed by atoms with Crippen LogP contribution >= 0.6 is 23.2 Å². The molecule has 2 aromatic rings. The summed E-state index contributed by atoms with van der Waals surface area (Å²) in [5.41, 5.74) is 1.20. The number of carbonyl (C=O) groups excluding carboxylic acids is 2. The summed E-state index contributed by atoms with van der Waals surface area (Å²) in [7, 11) is -3.52. The molecular weight excluding hydrogens is 497 g/mol. The average molecular weight is 529 g/mol. The number of anilines is 1. The van der Waals surface area contributed by atoms with Gasteiger partial charge in [-0.05, 0) is 49.6 Å². The SMILES string of the molecule is CCCNC(=O)[C@H](C)N(Cc1ccc(Cl)cc1Cl)C(=O)CCCN(c1ccccc1)S(C)(=O)=O. The average Bonchev–Trinajstić information content (AvgIpc) is 2.79. The van der Waals surface area contributed by atoms with Crippen LogP contribution in [0.3, 0.4) is 0 Å². The van der Waals surface area contributed by atoms with Crippen LogP contribution in [-0.4, -0.2) is 50.5 Å². The molecule has 0 heterocycles. The van der Waals surface area contributed by atoms with Crippen molar-refractivity contribution < 1.29 is 18.0 Å². The van der Waals surface area contributed by atoms with Crippen molar-refractivity contribution in [3.8, 4) is 0 Å². The molecule has 10 heteroatoms. The summed E-state index contributed by atoms with van der Waals surface area (Å²) in [6.07, 6.45) is 2.26. The minimum atomic E-state index is -3.52. The summed E-state index contributed by atoms with van der Waals surface area (Å²) in [4.78, 5) is 27.3. The molecule has 0 saturated carbocycles. The molecule has 0 aliphatic rings. The Kier molecular flexibility index (Phi) is 10.7. The predicted molar refractivity (Wildman–Crippen MR) is 138 cm³/mol. The molecular formula is C24H31Cl2N3O4S. The van der Waals surface area contributed by atoms with E-state index >= 15 is 0 Å². The molecule has 2 amide bonds. The highest BCUT2D eigenvalue weighted by Crippen LogP contribution is 2.24. The molecule has 0 aliphatic carbocycles. The zero-order valence-electron chi connectivity index (χ0n) is 19.6. The highest BCUT2D eigenvalue weighted by Gasteiger charge is 2.27. The van der Waals surface area contributed by atoms with Crippen molar-refractivity contribution in [1.82, 2.24) is 10.2 Å². The monoisotopic (exact) mass is 527 g/mol. The van der Waals surface area contributed by atoms with Gasteiger partial charge in [-0.25, -0.2) is 8.42 Å². The fourth-order valence-electron chi connectivity index (χ4n) is 3.41. The molecule has 0 saturated heterocycles. The van der Waals surface area contributed by atoms with Crippen LogP contribution in [0.1, 0.15) is 38.7 Å². The summed E-state index contributed by atoms with van der Waals surface area (Å²) in [5.74, 6) is -0.533. The maximum Gasteiger partial charge on any atom is 0.242 e. The van der Waals surface area contributed by atoms with E-state index in [1.54, 1.807) is 55.5 Å². The Morgan fingerprint density at radius 3 is 2.35 bits per heavy atom. The zero-order valence-corrected chi connectivity index (χ0v) is 22.0. The van der Waals surface area contributed by atoms with Crippen molar-refractivity contribution in [3.05, 3.63) is 64.1 Å². The number of benzene rings is 2. The summed E-state index contributed by atoms with van der Waals surface area (Å²) in [6.45, 7) is 4.39. The Labute approximate surface area is 212 Å². The second-order valence-electron chi connectivity index (χ2n) is 8.00. The van der Waals surface area contributed by atoms with E-state index in [2.05, 4.69) is 5.32 Å². The minimum absolute atomic E-state index is 0.0649. The lowest BCUT2D eigenvalue weighted by molar-refractivity contribution is -0.140. The van der Waals surface area contributed by atoms with Crippen molar-refractivity contribution >= 4 is 50.7 Å². The van der Waals surface area contributed by atoms with Crippen LogP contribution < -0.4 is 9.62 Å². The van der Waals surface area contributed by atoms with Crippen molar-refractivity contribution in [2.75, 3.05) is 23.7 Å². The molecule has 34 heavy (non-hydrogen) atoms. The highest BCUT2D eigenvalue weighted by atomic mass is 35.5. The number of carbonyl (C=O) groups is 2. The molecule has 0 spiro atoms. The fourth-order valence-corrected chi connectivity index (χ4v) is 4.84. The van der Waals surface area contributed by atoms with Gasteiger partial charge in [0.15, 0.2) is 0 Å². The van der Waals surface area contributed by atoms with Gasteiger partial charge in [0.2, 0.25) is 21.8 Å². The number of amides is 2. The maximum absolute atomic E-state index is 13.2. The lowest BCUT2D eigenvalue weighted by Gasteiger charge is -2.29. The third kappa shape index (κ3) is 8.18. The number of rotatable bonds is 12. The maximum atomic E-state index is 13.2. The third-order valence-corrected chi connectivity index (χ3v) is 7.05. The van der Waals surface area contributed by atoms with Gasteiger partial charge in [0.25, 0.3) is 0 Å². The molecule has 186 valence electrons. The van der Waals surface area contributed by atoms with Gasteiger partial charge in [0, 0.05) is 36.1 Å². The molecule has 1 atom stereocenters. The van der Waals surface area contributed by atoms with E-state index < -0.39 is 16.1 Å². The van der Waals surface area contributed by atoms with Crippen LogP contribution in [0.15, 0.2) is 48.5 Å². The van der Waals surface area contributed by atoms with Gasteiger partial charge in [0.05, 0.1) is 11.9 Å². The van der Waals surface area contributed by atoms with E-state index in [0.29, 0.717) is 27.8 Å². The molecule has 0 aromatic heterocycles. The predicted octanol–water partition coefficient (Wildman–Crippen LogP) is 4.48. The number of hydrogen-bond acceptors (Lipinski definition) is 4. The minimum Gasteiger partial charge on any atom is -0.354 e. The van der Waals surface area contributed by atoms with Crippen LogP contribution in [0, 0.1) is 0 Å². The molecule has 2 rings (SSSR count). The molecule has 0 fully saturated rings. The standard InChI is InChI=1S/C24H31Cl2N3O4S/c1-4-14-27-24(31)18(2)28(17-19-12-13-20(25)16-22(19)26)23(30)11-8-15-29(34(3,32)33)21-9-6-5-7-10-21/h5-7,9-10,12-13,16,18H,4,8,11,14-15,17H2,1-3H3,(H,27,31)/t18-/m0/s1. The van der Waals surface area contributed by atoms with Gasteiger partial charge in [-0.2, -0.15) is 0 Å². The lowest BCUT2D eigenvalue weighted by Crippen LogP contribution is -2.48. The smallest absolute Gasteiger partial charge is 0.242 e. The molecule has 0 bridgehead atoms. The molecule has 0 radical (unpaired) electrons. The molecule has 1 N–H and O–H groups in total. The summed E-state index contributed by atoms with van der Waals surface area (Å²) in [6, 6.07) is 13.0. The number of halogens is 2. The zero-order chi connectivity index (χ0) is 25.3. The van der Waals surface area contributed by atoms with Crippen LogP contribution in [0.2, 0.25) is 10.0 Å². The van der Waals surface area contributed by atoms with E-state index in [1.165, 1.54) is 9.21 Å². The van der Waals surface area contributed by atoms with Gasteiger partial charge < -0.3 is 10.2 Å². The van der Waals surface area contributed by atoms with E-state index in [9.17, 15) is 18.0 Å². The Hall–Kier alpha value is -2.29. The first-order valence-electron chi connectivity index (χ1n) is 11.1. The first kappa shape index (κ1) is 28.0. The quantitative estimate of drug-likeness (QED) is 0.440. The fraction of sp³-hybridized carbons (Fsp3) is 0.417. The van der Waals surface area contributed by atoms with Crippen molar-refractivity contribution in [3.63, 3.8) is 0 Å². The number of hydrogen-bond donors (Lipinski definition) is 1. The van der Waals surface area contributed by atoms with Crippen LogP contribution in [0.5, 0.6) is 0 Å². The van der Waals surface area contributed by atoms with Crippen molar-refractivity contribution in [2.24, 2.45) is 0 Å². The second-order valence-corrected chi connectivity index (χ2v) is 10.7. The molecule has 0 unspecified atom stereocenters. The van der Waals surface area contributed by atoms with Gasteiger partial charge in [-0.15, -0.1) is 0 Å². The Balaban J connectivity index is 2.17. The number of para-hydroxylation sites is 1. The van der Waals surface area contributed by atoms with Crippen LogP contribution in [0.25, 0.3) is 0 Å². The molecule has 0 aliphatic heterocycles. The Morgan fingerprint density at radius 2 is 1.76 bits per heavy atom. The lowest BCUT2D eigenvalue weighted by atomic mass is 10.1. The van der Waals surface area contributed by atoms with E-state index in [-0.39, 0.29) is 37.7 Å². The van der Waals surface area contributed by atoms with E-state index in [0.717, 1.165) is 12.7 Å². The first-order valence-corrected chi connectivity index (χ1v) is 13.7. The van der Waals surface area contributed by atoms with Gasteiger partial charge in [-0.1, -0.05) is 54.4 Å². The van der Waals surface area contributed by atoms with E-state index in [4.69, 9.17) is 23.2 Å². The highest BCUT2D eigenvalue weighted by molar-refractivity contribution is 7.92. The summed E-state index contributed by atoms with van der Waals surface area (Å²) >= 11 is 12.3. The summed E-state index contributed by atoms with van der Waals surface area (Å²) in [5, 5.41) is 3.69. The third-order valence-electron chi connectivity index (χ3n) is 5.27. The number of nitrogens with zero attached hydrogens (tertiary/aromatic N) is 2. The topological polar surface area (TPSA) is 86.8 Å². The summed E-state index contributed by atoms with van der Waals surface area (Å²) < 4.78 is 25.9. The second kappa shape index (κ2) is 13.0. The van der Waals surface area contributed by atoms with Crippen LogP contribution in [-0.2, 0) is 26.2 Å². The van der Waals surface area contributed by atoms with Crippen molar-refractivity contribution in [2.45, 2.75) is 45.7 Å². The molecule has 2 aromatic carbocycles.